The quantitative estimate of drug-likeness (QED) is 0.758. The number of nitrogens with one attached hydrogen (secondary N) is 1. The van der Waals surface area contributed by atoms with Crippen LogP contribution in [0.3, 0.4) is 0 Å². The van der Waals surface area contributed by atoms with Crippen molar-refractivity contribution in [3.8, 4) is 11.5 Å². The summed E-state index contributed by atoms with van der Waals surface area (Å²) in [6, 6.07) is 9.93. The van der Waals surface area contributed by atoms with Crippen LogP contribution in [-0.2, 0) is 20.7 Å². The fourth-order valence-electron chi connectivity index (χ4n) is 2.47. The Hall–Kier alpha value is -2.44. The van der Waals surface area contributed by atoms with Gasteiger partial charge in [0.15, 0.2) is 17.6 Å². The summed E-state index contributed by atoms with van der Waals surface area (Å²) in [6.45, 7) is 2.44. The van der Waals surface area contributed by atoms with Crippen LogP contribution in [0.2, 0.25) is 10.0 Å². The molecule has 8 heteroatoms. The molecule has 1 aliphatic heterocycles. The zero-order valence-corrected chi connectivity index (χ0v) is 16.0. The first kappa shape index (κ1) is 19.3. The maximum absolute atomic E-state index is 12.3. The lowest BCUT2D eigenvalue weighted by molar-refractivity contribution is -0.152. The zero-order chi connectivity index (χ0) is 19.4. The Morgan fingerprint density at radius 3 is 2.56 bits per heavy atom. The van der Waals surface area contributed by atoms with Gasteiger partial charge in [0.1, 0.15) is 13.2 Å². The average molecular weight is 410 g/mol. The molecule has 0 radical (unpaired) electrons. The van der Waals surface area contributed by atoms with Gasteiger partial charge in [0.2, 0.25) is 0 Å². The lowest BCUT2D eigenvalue weighted by Gasteiger charge is -2.19. The van der Waals surface area contributed by atoms with Gasteiger partial charge in [-0.2, -0.15) is 0 Å². The van der Waals surface area contributed by atoms with Gasteiger partial charge in [-0.15, -0.1) is 0 Å². The number of anilines is 1. The number of carbonyl (C=O) groups is 2. The van der Waals surface area contributed by atoms with Crippen LogP contribution in [0.5, 0.6) is 11.5 Å². The van der Waals surface area contributed by atoms with Gasteiger partial charge in [-0.05, 0) is 36.8 Å². The van der Waals surface area contributed by atoms with Gasteiger partial charge >= 0.3 is 5.97 Å². The number of hydrogen-bond acceptors (Lipinski definition) is 5. The molecule has 1 aliphatic rings. The first-order chi connectivity index (χ1) is 12.9. The van der Waals surface area contributed by atoms with E-state index in [4.69, 9.17) is 37.4 Å². The summed E-state index contributed by atoms with van der Waals surface area (Å²) in [6.07, 6.45) is -0.980. The van der Waals surface area contributed by atoms with Gasteiger partial charge in [-0.25, -0.2) is 0 Å². The first-order valence-electron chi connectivity index (χ1n) is 8.26. The van der Waals surface area contributed by atoms with Gasteiger partial charge in [0.25, 0.3) is 5.91 Å². The van der Waals surface area contributed by atoms with Crippen LogP contribution in [0.1, 0.15) is 12.5 Å². The third-order valence-electron chi connectivity index (χ3n) is 3.82. The minimum atomic E-state index is -0.964. The summed E-state index contributed by atoms with van der Waals surface area (Å²) in [5.41, 5.74) is 1.17. The third-order valence-corrected chi connectivity index (χ3v) is 4.56. The summed E-state index contributed by atoms with van der Waals surface area (Å²) in [4.78, 5) is 24.3. The van der Waals surface area contributed by atoms with Crippen molar-refractivity contribution in [3.63, 3.8) is 0 Å². The highest BCUT2D eigenvalue weighted by Crippen LogP contribution is 2.32. The monoisotopic (exact) mass is 409 g/mol. The van der Waals surface area contributed by atoms with Crippen LogP contribution in [-0.4, -0.2) is 31.2 Å². The molecule has 0 aliphatic carbocycles. The number of carbonyl (C=O) groups excluding carboxylic acids is 2. The summed E-state index contributed by atoms with van der Waals surface area (Å²) in [7, 11) is 0. The van der Waals surface area contributed by atoms with E-state index < -0.39 is 18.0 Å². The predicted molar refractivity (Wildman–Crippen MR) is 102 cm³/mol. The molecular weight excluding hydrogens is 393 g/mol. The fourth-order valence-corrected chi connectivity index (χ4v) is 2.79. The van der Waals surface area contributed by atoms with Gasteiger partial charge in [-0.3, -0.25) is 9.59 Å². The van der Waals surface area contributed by atoms with E-state index in [9.17, 15) is 9.59 Å². The number of benzene rings is 2. The van der Waals surface area contributed by atoms with Gasteiger partial charge < -0.3 is 19.5 Å². The Morgan fingerprint density at radius 2 is 1.81 bits per heavy atom. The molecule has 2 aromatic rings. The standard InChI is InChI=1S/C19H17Cl2NO5/c1-11(27-18(23)9-12-2-4-14(20)15(21)8-12)19(24)22-13-3-5-16-17(10-13)26-7-6-25-16/h2-5,8,10-11H,6-7,9H2,1H3,(H,22,24)/t11-/m1/s1. The molecule has 0 aromatic heterocycles. The minimum Gasteiger partial charge on any atom is -0.486 e. The largest absolute Gasteiger partial charge is 0.486 e. The van der Waals surface area contributed by atoms with Crippen LogP contribution in [0.15, 0.2) is 36.4 Å². The maximum atomic E-state index is 12.3. The van der Waals surface area contributed by atoms with Crippen LogP contribution < -0.4 is 14.8 Å². The number of ether oxygens (including phenoxy) is 3. The Kier molecular flexibility index (Phi) is 6.08. The number of halogens is 2. The highest BCUT2D eigenvalue weighted by atomic mass is 35.5. The molecule has 1 heterocycles. The second-order valence-electron chi connectivity index (χ2n) is 5.91. The number of fused-ring (bicyclic) bond motifs is 1. The maximum Gasteiger partial charge on any atom is 0.311 e. The van der Waals surface area contributed by atoms with E-state index in [1.165, 1.54) is 6.92 Å². The van der Waals surface area contributed by atoms with Crippen molar-refractivity contribution >= 4 is 40.8 Å². The average Bonchev–Trinajstić information content (AvgIpc) is 2.64. The van der Waals surface area contributed by atoms with E-state index >= 15 is 0 Å². The van der Waals surface area contributed by atoms with Crippen LogP contribution in [0, 0.1) is 0 Å². The smallest absolute Gasteiger partial charge is 0.311 e. The van der Waals surface area contributed by atoms with E-state index in [0.717, 1.165) is 0 Å². The molecule has 0 bridgehead atoms. The first-order valence-corrected chi connectivity index (χ1v) is 9.02. The lowest BCUT2D eigenvalue weighted by atomic mass is 10.1. The molecule has 1 amide bonds. The van der Waals surface area contributed by atoms with Crippen molar-refractivity contribution in [2.45, 2.75) is 19.4 Å². The van der Waals surface area contributed by atoms with Crippen molar-refractivity contribution < 1.29 is 23.8 Å². The normalized spacial score (nSPS) is 13.6. The van der Waals surface area contributed by atoms with Crippen molar-refractivity contribution in [2.75, 3.05) is 18.5 Å². The van der Waals surface area contributed by atoms with Crippen LogP contribution in [0.4, 0.5) is 5.69 Å². The molecule has 0 spiro atoms. The van der Waals surface area contributed by atoms with Crippen molar-refractivity contribution in [3.05, 3.63) is 52.0 Å². The van der Waals surface area contributed by atoms with Gasteiger partial charge in [0, 0.05) is 11.8 Å². The SMILES string of the molecule is C[C@@H](OC(=O)Cc1ccc(Cl)c(Cl)c1)C(=O)Nc1ccc2c(c1)OCCO2. The van der Waals surface area contributed by atoms with E-state index in [1.54, 1.807) is 36.4 Å². The lowest BCUT2D eigenvalue weighted by Crippen LogP contribution is -2.30. The molecular formula is C19H17Cl2NO5. The topological polar surface area (TPSA) is 73.9 Å². The second-order valence-corrected chi connectivity index (χ2v) is 6.72. The number of amides is 1. The van der Waals surface area contributed by atoms with E-state index in [2.05, 4.69) is 5.32 Å². The van der Waals surface area contributed by atoms with Crippen molar-refractivity contribution in [1.29, 1.82) is 0 Å². The summed E-state index contributed by atoms with van der Waals surface area (Å²) < 4.78 is 16.1. The highest BCUT2D eigenvalue weighted by molar-refractivity contribution is 6.42. The minimum absolute atomic E-state index is 0.0153. The van der Waals surface area contributed by atoms with Gasteiger partial charge in [-0.1, -0.05) is 29.3 Å². The molecule has 0 saturated carbocycles. The van der Waals surface area contributed by atoms with Crippen LogP contribution >= 0.6 is 23.2 Å². The molecule has 1 N–H and O–H groups in total. The Balaban J connectivity index is 1.55. The third kappa shape index (κ3) is 5.05. The Bertz CT molecular complexity index is 871. The summed E-state index contributed by atoms with van der Waals surface area (Å²) in [5.74, 6) is 0.191. The molecule has 0 saturated heterocycles. The number of rotatable bonds is 5. The second kappa shape index (κ2) is 8.50. The molecule has 6 nitrogen and oxygen atoms in total. The fraction of sp³-hybridized carbons (Fsp3) is 0.263. The van der Waals surface area contributed by atoms with Crippen molar-refractivity contribution in [2.24, 2.45) is 0 Å². The summed E-state index contributed by atoms with van der Waals surface area (Å²) >= 11 is 11.8. The van der Waals surface area contributed by atoms with E-state index in [1.807, 2.05) is 0 Å². The summed E-state index contributed by atoms with van der Waals surface area (Å²) in [5, 5.41) is 3.44. The molecule has 3 rings (SSSR count). The molecule has 1 atom stereocenters. The van der Waals surface area contributed by atoms with Gasteiger partial charge in [0.05, 0.1) is 16.5 Å². The highest BCUT2D eigenvalue weighted by Gasteiger charge is 2.20. The number of hydrogen-bond donors (Lipinski definition) is 1. The predicted octanol–water partition coefficient (Wildman–Crippen LogP) is 3.88. The molecule has 0 fully saturated rings. The molecule has 2 aromatic carbocycles. The van der Waals surface area contributed by atoms with E-state index in [0.29, 0.717) is 46.0 Å². The Labute approximate surface area is 166 Å². The van der Waals surface area contributed by atoms with Crippen LogP contribution in [0.25, 0.3) is 0 Å². The molecule has 0 unspecified atom stereocenters. The number of esters is 1. The van der Waals surface area contributed by atoms with Crippen molar-refractivity contribution in [1.82, 2.24) is 0 Å². The van der Waals surface area contributed by atoms with E-state index in [-0.39, 0.29) is 6.42 Å². The molecule has 142 valence electrons. The molecule has 27 heavy (non-hydrogen) atoms. The Morgan fingerprint density at radius 1 is 1.07 bits per heavy atom. The zero-order valence-electron chi connectivity index (χ0n) is 14.5.